The highest BCUT2D eigenvalue weighted by Gasteiger charge is 2.09. The lowest BCUT2D eigenvalue weighted by molar-refractivity contribution is 0.538. The highest BCUT2D eigenvalue weighted by molar-refractivity contribution is 9.10. The van der Waals surface area contributed by atoms with Crippen LogP contribution in [0.4, 0.5) is 0 Å². The Morgan fingerprint density at radius 1 is 1.30 bits per heavy atom. The van der Waals surface area contributed by atoms with Crippen LogP contribution in [0.15, 0.2) is 50.5 Å². The minimum Gasteiger partial charge on any atom is -0.313 e. The maximum absolute atomic E-state index is 3.62. The zero-order valence-corrected chi connectivity index (χ0v) is 14.9. The van der Waals surface area contributed by atoms with Crippen LogP contribution >= 0.6 is 39.0 Å². The Morgan fingerprint density at radius 2 is 2.15 bits per heavy atom. The monoisotopic (exact) mass is 369 g/mol. The summed E-state index contributed by atoms with van der Waals surface area (Å²) in [6, 6.07) is 11.2. The number of rotatable bonds is 8. The number of hydrogen-bond acceptors (Lipinski definition) is 3. The van der Waals surface area contributed by atoms with Gasteiger partial charge in [-0.3, -0.25) is 0 Å². The van der Waals surface area contributed by atoms with Crippen LogP contribution in [0, 0.1) is 0 Å². The molecule has 1 aromatic heterocycles. The first-order valence-electron chi connectivity index (χ1n) is 6.91. The lowest BCUT2D eigenvalue weighted by Gasteiger charge is -2.17. The molecule has 1 unspecified atom stereocenters. The van der Waals surface area contributed by atoms with Crippen molar-refractivity contribution in [2.75, 3.05) is 12.3 Å². The topological polar surface area (TPSA) is 12.0 Å². The first kappa shape index (κ1) is 16.1. The Morgan fingerprint density at radius 3 is 2.85 bits per heavy atom. The average molecular weight is 370 g/mol. The Kier molecular flexibility index (Phi) is 7.14. The molecular formula is C16H20BrNS2. The first-order chi connectivity index (χ1) is 9.79. The number of nitrogens with one attached hydrogen (secondary N) is 1. The maximum Gasteiger partial charge on any atom is 0.0311 e. The minimum atomic E-state index is 0.567. The molecule has 1 nitrogen and oxygen atoms in total. The standard InChI is InChI=1S/C16H20BrNS2/c1-2-18-14(8-7-13-9-10-19-11-13)12-20-16-6-4-3-5-15(16)17/h3-6,9-11,14,18H,2,7-8,12H2,1H3. The average Bonchev–Trinajstić information content (AvgIpc) is 2.97. The summed E-state index contributed by atoms with van der Waals surface area (Å²) in [6.07, 6.45) is 2.36. The van der Waals surface area contributed by atoms with Crippen LogP contribution in [0.1, 0.15) is 18.9 Å². The summed E-state index contributed by atoms with van der Waals surface area (Å²) < 4.78 is 1.19. The summed E-state index contributed by atoms with van der Waals surface area (Å²) in [6.45, 7) is 3.21. The lowest BCUT2D eigenvalue weighted by atomic mass is 10.1. The van der Waals surface area contributed by atoms with Gasteiger partial charge in [-0.25, -0.2) is 0 Å². The third-order valence-corrected chi connectivity index (χ3v) is 6.05. The molecule has 0 saturated heterocycles. The highest BCUT2D eigenvalue weighted by Crippen LogP contribution is 2.28. The van der Waals surface area contributed by atoms with Gasteiger partial charge < -0.3 is 5.32 Å². The van der Waals surface area contributed by atoms with E-state index in [0.717, 1.165) is 18.7 Å². The highest BCUT2D eigenvalue weighted by atomic mass is 79.9. The third kappa shape index (κ3) is 5.24. The van der Waals surface area contributed by atoms with Crippen LogP contribution in [0.3, 0.4) is 0 Å². The fourth-order valence-corrected chi connectivity index (χ4v) is 4.44. The second-order valence-electron chi connectivity index (χ2n) is 4.67. The Balaban J connectivity index is 1.84. The van der Waals surface area contributed by atoms with Gasteiger partial charge in [-0.1, -0.05) is 19.1 Å². The van der Waals surface area contributed by atoms with Crippen molar-refractivity contribution in [3.63, 3.8) is 0 Å². The SMILES string of the molecule is CCNC(CCc1ccsc1)CSc1ccccc1Br. The van der Waals surface area contributed by atoms with Crippen molar-refractivity contribution in [2.24, 2.45) is 0 Å². The molecule has 0 spiro atoms. The molecule has 2 rings (SSSR count). The van der Waals surface area contributed by atoms with Crippen molar-refractivity contribution in [1.82, 2.24) is 5.32 Å². The Labute approximate surface area is 138 Å². The Bertz CT molecular complexity index is 499. The number of thioether (sulfide) groups is 1. The van der Waals surface area contributed by atoms with Gasteiger partial charge in [0.2, 0.25) is 0 Å². The van der Waals surface area contributed by atoms with E-state index < -0.39 is 0 Å². The van der Waals surface area contributed by atoms with E-state index in [4.69, 9.17) is 0 Å². The van der Waals surface area contributed by atoms with Crippen LogP contribution in [-0.2, 0) is 6.42 Å². The summed E-state index contributed by atoms with van der Waals surface area (Å²) in [4.78, 5) is 1.32. The molecule has 0 radical (unpaired) electrons. The normalized spacial score (nSPS) is 12.5. The van der Waals surface area contributed by atoms with Crippen LogP contribution in [0.2, 0.25) is 0 Å². The van der Waals surface area contributed by atoms with E-state index in [2.05, 4.69) is 69.3 Å². The Hall–Kier alpha value is -0.290. The number of aryl methyl sites for hydroxylation is 1. The van der Waals surface area contributed by atoms with Crippen molar-refractivity contribution < 1.29 is 0 Å². The fraction of sp³-hybridized carbons (Fsp3) is 0.375. The zero-order valence-electron chi connectivity index (χ0n) is 11.6. The molecule has 1 heterocycles. The minimum absolute atomic E-state index is 0.567. The number of hydrogen-bond donors (Lipinski definition) is 1. The largest absolute Gasteiger partial charge is 0.313 e. The number of benzene rings is 1. The molecule has 0 fully saturated rings. The van der Waals surface area contributed by atoms with Crippen LogP contribution in [-0.4, -0.2) is 18.3 Å². The molecule has 0 bridgehead atoms. The maximum atomic E-state index is 3.62. The van der Waals surface area contributed by atoms with Gasteiger partial charge in [-0.2, -0.15) is 11.3 Å². The molecule has 0 aliphatic heterocycles. The van der Waals surface area contributed by atoms with E-state index in [9.17, 15) is 0 Å². The van der Waals surface area contributed by atoms with Crippen molar-refractivity contribution >= 4 is 39.0 Å². The predicted octanol–water partition coefficient (Wildman–Crippen LogP) is 5.21. The molecule has 0 aliphatic carbocycles. The molecule has 0 saturated carbocycles. The molecule has 1 atom stereocenters. The van der Waals surface area contributed by atoms with Gasteiger partial charge in [0.25, 0.3) is 0 Å². The zero-order chi connectivity index (χ0) is 14.2. The van der Waals surface area contributed by atoms with Crippen molar-refractivity contribution in [3.05, 3.63) is 51.1 Å². The first-order valence-corrected chi connectivity index (χ1v) is 9.63. The van der Waals surface area contributed by atoms with Crippen molar-refractivity contribution in [3.8, 4) is 0 Å². The molecule has 1 aromatic carbocycles. The molecule has 20 heavy (non-hydrogen) atoms. The molecule has 2 aromatic rings. The van der Waals surface area contributed by atoms with Crippen molar-refractivity contribution in [1.29, 1.82) is 0 Å². The van der Waals surface area contributed by atoms with Crippen LogP contribution in [0.25, 0.3) is 0 Å². The summed E-state index contributed by atoms with van der Waals surface area (Å²) in [5.41, 5.74) is 1.46. The van der Waals surface area contributed by atoms with Gasteiger partial charge in [0.05, 0.1) is 0 Å². The quantitative estimate of drug-likeness (QED) is 0.640. The summed E-state index contributed by atoms with van der Waals surface area (Å²) in [5.74, 6) is 1.11. The van der Waals surface area contributed by atoms with Gasteiger partial charge in [-0.05, 0) is 69.8 Å². The van der Waals surface area contributed by atoms with Gasteiger partial charge in [0.15, 0.2) is 0 Å². The van der Waals surface area contributed by atoms with E-state index in [1.165, 1.54) is 21.4 Å². The lowest BCUT2D eigenvalue weighted by Crippen LogP contribution is -2.31. The second kappa shape index (κ2) is 8.88. The van der Waals surface area contributed by atoms with Gasteiger partial charge >= 0.3 is 0 Å². The van der Waals surface area contributed by atoms with Gasteiger partial charge in [0.1, 0.15) is 0 Å². The molecule has 0 aliphatic rings. The van der Waals surface area contributed by atoms with E-state index in [1.807, 2.05) is 11.8 Å². The molecular weight excluding hydrogens is 350 g/mol. The summed E-state index contributed by atoms with van der Waals surface area (Å²) >= 11 is 7.33. The van der Waals surface area contributed by atoms with Crippen LogP contribution < -0.4 is 5.32 Å². The predicted molar refractivity (Wildman–Crippen MR) is 95.0 cm³/mol. The van der Waals surface area contributed by atoms with Gasteiger partial charge in [0, 0.05) is 21.2 Å². The number of thiophene rings is 1. The van der Waals surface area contributed by atoms with E-state index in [1.54, 1.807) is 11.3 Å². The summed E-state index contributed by atoms with van der Waals surface area (Å²) in [5, 5.41) is 8.02. The van der Waals surface area contributed by atoms with E-state index in [0.29, 0.717) is 6.04 Å². The van der Waals surface area contributed by atoms with Crippen molar-refractivity contribution in [2.45, 2.75) is 30.7 Å². The van der Waals surface area contributed by atoms with Gasteiger partial charge in [-0.15, -0.1) is 11.8 Å². The summed E-state index contributed by atoms with van der Waals surface area (Å²) in [7, 11) is 0. The van der Waals surface area contributed by atoms with E-state index in [-0.39, 0.29) is 0 Å². The molecule has 4 heteroatoms. The van der Waals surface area contributed by atoms with Crippen LogP contribution in [0.5, 0.6) is 0 Å². The molecule has 0 amide bonds. The second-order valence-corrected chi connectivity index (χ2v) is 7.36. The van der Waals surface area contributed by atoms with E-state index >= 15 is 0 Å². The smallest absolute Gasteiger partial charge is 0.0311 e. The molecule has 108 valence electrons. The third-order valence-electron chi connectivity index (χ3n) is 3.13. The fourth-order valence-electron chi connectivity index (χ4n) is 2.06. The number of halogens is 1. The molecule has 1 N–H and O–H groups in total.